The highest BCUT2D eigenvalue weighted by atomic mass is 16.5. The van der Waals surface area contributed by atoms with E-state index in [-0.39, 0.29) is 5.56 Å². The quantitative estimate of drug-likeness (QED) is 0.760. The fourth-order valence-corrected chi connectivity index (χ4v) is 2.21. The summed E-state index contributed by atoms with van der Waals surface area (Å²) in [7, 11) is 1.61. The van der Waals surface area contributed by atoms with E-state index in [1.165, 1.54) is 0 Å². The monoisotopic (exact) mass is 251 g/mol. The molecule has 0 amide bonds. The Labute approximate surface area is 110 Å². The van der Waals surface area contributed by atoms with E-state index in [0.29, 0.717) is 11.1 Å². The molecule has 0 aliphatic heterocycles. The molecule has 3 aromatic rings. The molecule has 0 atom stereocenters. The Morgan fingerprint density at radius 2 is 1.74 bits per heavy atom. The summed E-state index contributed by atoms with van der Waals surface area (Å²) >= 11 is 0. The highest BCUT2D eigenvalue weighted by molar-refractivity contribution is 5.90. The average Bonchev–Trinajstić information content (AvgIpc) is 2.47. The number of aromatic amines is 1. The molecule has 0 spiro atoms. The lowest BCUT2D eigenvalue weighted by Crippen LogP contribution is -2.07. The van der Waals surface area contributed by atoms with Gasteiger partial charge >= 0.3 is 0 Å². The number of H-pyrrole nitrogens is 1. The number of nitrogens with one attached hydrogen (secondary N) is 1. The van der Waals surface area contributed by atoms with Gasteiger partial charge in [0.15, 0.2) is 0 Å². The number of benzene rings is 2. The molecule has 0 aliphatic rings. The first-order valence-electron chi connectivity index (χ1n) is 6.05. The smallest absolute Gasteiger partial charge is 0.256 e. The van der Waals surface area contributed by atoms with Gasteiger partial charge in [-0.1, -0.05) is 36.4 Å². The molecule has 1 aromatic heterocycles. The predicted molar refractivity (Wildman–Crippen MR) is 76.6 cm³/mol. The van der Waals surface area contributed by atoms with Crippen molar-refractivity contribution >= 4 is 10.8 Å². The van der Waals surface area contributed by atoms with E-state index in [0.717, 1.165) is 16.6 Å². The molecule has 2 aromatic carbocycles. The fourth-order valence-electron chi connectivity index (χ4n) is 2.21. The molecule has 19 heavy (non-hydrogen) atoms. The first-order chi connectivity index (χ1) is 9.29. The second-order valence-corrected chi connectivity index (χ2v) is 4.30. The third-order valence-corrected chi connectivity index (χ3v) is 3.15. The number of hydrogen-bond acceptors (Lipinski definition) is 2. The lowest BCUT2D eigenvalue weighted by atomic mass is 10.1. The third-order valence-electron chi connectivity index (χ3n) is 3.15. The van der Waals surface area contributed by atoms with Gasteiger partial charge in [-0.05, 0) is 23.8 Å². The largest absolute Gasteiger partial charge is 0.496 e. The van der Waals surface area contributed by atoms with Gasteiger partial charge in [0.1, 0.15) is 5.75 Å². The summed E-state index contributed by atoms with van der Waals surface area (Å²) in [5.41, 5.74) is 1.67. The lowest BCUT2D eigenvalue weighted by Gasteiger charge is -2.07. The summed E-state index contributed by atoms with van der Waals surface area (Å²) in [6, 6.07) is 17.2. The van der Waals surface area contributed by atoms with Crippen molar-refractivity contribution in [1.29, 1.82) is 0 Å². The van der Waals surface area contributed by atoms with Crippen LogP contribution in [0.15, 0.2) is 59.4 Å². The highest BCUT2D eigenvalue weighted by Crippen LogP contribution is 2.26. The number of methoxy groups -OCH3 is 1. The molecular formula is C16H13NO2. The maximum Gasteiger partial charge on any atom is 0.256 e. The van der Waals surface area contributed by atoms with E-state index in [9.17, 15) is 4.79 Å². The zero-order chi connectivity index (χ0) is 13.2. The van der Waals surface area contributed by atoms with E-state index in [1.54, 1.807) is 13.2 Å². The number of pyridine rings is 1. The predicted octanol–water partition coefficient (Wildman–Crippen LogP) is 3.20. The van der Waals surface area contributed by atoms with Crippen molar-refractivity contribution in [2.24, 2.45) is 0 Å². The number of rotatable bonds is 2. The second kappa shape index (κ2) is 4.61. The van der Waals surface area contributed by atoms with Crippen molar-refractivity contribution in [2.75, 3.05) is 7.11 Å². The van der Waals surface area contributed by atoms with Gasteiger partial charge in [0.25, 0.3) is 5.56 Å². The van der Waals surface area contributed by atoms with Crippen LogP contribution in [0.4, 0.5) is 0 Å². The first kappa shape index (κ1) is 11.5. The van der Waals surface area contributed by atoms with E-state index in [1.807, 2.05) is 48.5 Å². The molecule has 3 nitrogen and oxygen atoms in total. The van der Waals surface area contributed by atoms with Gasteiger partial charge in [0.05, 0.1) is 12.5 Å². The van der Waals surface area contributed by atoms with E-state index in [2.05, 4.69) is 4.98 Å². The van der Waals surface area contributed by atoms with Crippen molar-refractivity contribution in [3.8, 4) is 17.0 Å². The molecule has 0 saturated heterocycles. The van der Waals surface area contributed by atoms with Crippen LogP contribution in [0.3, 0.4) is 0 Å². The fraction of sp³-hybridized carbons (Fsp3) is 0.0625. The zero-order valence-corrected chi connectivity index (χ0v) is 10.5. The molecule has 3 heteroatoms. The summed E-state index contributed by atoms with van der Waals surface area (Å²) in [5.74, 6) is 0.709. The van der Waals surface area contributed by atoms with Crippen LogP contribution < -0.4 is 10.3 Å². The molecule has 0 aliphatic carbocycles. The van der Waals surface area contributed by atoms with Gasteiger partial charge in [0, 0.05) is 11.1 Å². The van der Waals surface area contributed by atoms with E-state index < -0.39 is 0 Å². The molecule has 0 saturated carbocycles. The third kappa shape index (κ3) is 1.99. The second-order valence-electron chi connectivity index (χ2n) is 4.30. The first-order valence-corrected chi connectivity index (χ1v) is 6.05. The minimum Gasteiger partial charge on any atom is -0.496 e. The van der Waals surface area contributed by atoms with Crippen LogP contribution in [-0.4, -0.2) is 12.1 Å². The average molecular weight is 251 g/mol. The topological polar surface area (TPSA) is 42.1 Å². The van der Waals surface area contributed by atoms with Gasteiger partial charge < -0.3 is 9.72 Å². The Kier molecular flexibility index (Phi) is 2.80. The molecule has 0 fully saturated rings. The zero-order valence-electron chi connectivity index (χ0n) is 10.5. The SMILES string of the molecule is COc1cccc2c(=O)[nH]c(-c3ccccc3)cc12. The number of hydrogen-bond donors (Lipinski definition) is 1. The van der Waals surface area contributed by atoms with Crippen molar-refractivity contribution in [3.63, 3.8) is 0 Å². The van der Waals surface area contributed by atoms with Crippen molar-refractivity contribution in [2.45, 2.75) is 0 Å². The highest BCUT2D eigenvalue weighted by Gasteiger charge is 2.07. The van der Waals surface area contributed by atoms with Crippen LogP contribution in [0.1, 0.15) is 0 Å². The minimum atomic E-state index is -0.102. The van der Waals surface area contributed by atoms with E-state index in [4.69, 9.17) is 4.74 Å². The molecule has 0 radical (unpaired) electrons. The minimum absolute atomic E-state index is 0.102. The standard InChI is InChI=1S/C16H13NO2/c1-19-15-9-5-8-12-13(15)10-14(17-16(12)18)11-6-3-2-4-7-11/h2-10H,1H3,(H,17,18). The summed E-state index contributed by atoms with van der Waals surface area (Å²) in [6.45, 7) is 0. The number of ether oxygens (including phenoxy) is 1. The summed E-state index contributed by atoms with van der Waals surface area (Å²) in [4.78, 5) is 15.0. The van der Waals surface area contributed by atoms with E-state index >= 15 is 0 Å². The number of aromatic nitrogens is 1. The Balaban J connectivity index is 2.33. The molecule has 94 valence electrons. The normalized spacial score (nSPS) is 10.6. The van der Waals surface area contributed by atoms with Gasteiger partial charge in [-0.25, -0.2) is 0 Å². The van der Waals surface area contributed by atoms with Crippen LogP contribution in [0.2, 0.25) is 0 Å². The van der Waals surface area contributed by atoms with Gasteiger partial charge in [-0.15, -0.1) is 0 Å². The van der Waals surface area contributed by atoms with Gasteiger partial charge in [0.2, 0.25) is 0 Å². The van der Waals surface area contributed by atoms with Crippen molar-refractivity contribution in [1.82, 2.24) is 4.98 Å². The molecule has 3 rings (SSSR count). The maximum absolute atomic E-state index is 12.1. The molecule has 0 unspecified atom stereocenters. The van der Waals surface area contributed by atoms with Gasteiger partial charge in [-0.2, -0.15) is 0 Å². The maximum atomic E-state index is 12.1. The Morgan fingerprint density at radius 3 is 2.47 bits per heavy atom. The summed E-state index contributed by atoms with van der Waals surface area (Å²) < 4.78 is 5.32. The molecule has 1 N–H and O–H groups in total. The number of fused-ring (bicyclic) bond motifs is 1. The van der Waals surface area contributed by atoms with Crippen molar-refractivity contribution in [3.05, 3.63) is 65.0 Å². The van der Waals surface area contributed by atoms with Crippen LogP contribution in [0.25, 0.3) is 22.0 Å². The molecule has 1 heterocycles. The van der Waals surface area contributed by atoms with Gasteiger partial charge in [-0.3, -0.25) is 4.79 Å². The Hall–Kier alpha value is -2.55. The van der Waals surface area contributed by atoms with Crippen molar-refractivity contribution < 1.29 is 4.74 Å². The molecule has 0 bridgehead atoms. The van der Waals surface area contributed by atoms with Crippen LogP contribution in [0, 0.1) is 0 Å². The van der Waals surface area contributed by atoms with Crippen LogP contribution >= 0.6 is 0 Å². The Morgan fingerprint density at radius 1 is 0.947 bits per heavy atom. The van der Waals surface area contributed by atoms with Crippen LogP contribution in [-0.2, 0) is 0 Å². The Bertz CT molecular complexity index is 776. The summed E-state index contributed by atoms with van der Waals surface area (Å²) in [6.07, 6.45) is 0. The lowest BCUT2D eigenvalue weighted by molar-refractivity contribution is 0.420. The summed E-state index contributed by atoms with van der Waals surface area (Å²) in [5, 5.41) is 1.46. The molecular weight excluding hydrogens is 238 g/mol. The van der Waals surface area contributed by atoms with Crippen LogP contribution in [0.5, 0.6) is 5.75 Å².